The van der Waals surface area contributed by atoms with E-state index in [0.717, 1.165) is 30.4 Å². The Morgan fingerprint density at radius 3 is 2.94 bits per heavy atom. The minimum atomic E-state index is -0.204. The van der Waals surface area contributed by atoms with Gasteiger partial charge < -0.3 is 5.32 Å². The monoisotopic (exact) mass is 285 g/mol. The van der Waals surface area contributed by atoms with Crippen LogP contribution in [0.4, 0.5) is 0 Å². The first kappa shape index (κ1) is 13.9. The van der Waals surface area contributed by atoms with Crippen molar-refractivity contribution < 1.29 is 4.79 Å². The number of alkyl halides is 1. The van der Waals surface area contributed by atoms with E-state index in [2.05, 4.69) is 12.2 Å². The largest absolute Gasteiger partial charge is 0.345 e. The molecule has 1 N–H and O–H groups in total. The van der Waals surface area contributed by atoms with Gasteiger partial charge in [-0.2, -0.15) is 11.3 Å². The van der Waals surface area contributed by atoms with Gasteiger partial charge in [-0.25, -0.2) is 0 Å². The van der Waals surface area contributed by atoms with Crippen molar-refractivity contribution >= 4 is 28.8 Å². The number of nitrogens with one attached hydrogen (secondary N) is 1. The van der Waals surface area contributed by atoms with Crippen LogP contribution in [0.1, 0.15) is 48.5 Å². The lowest BCUT2D eigenvalue weighted by Gasteiger charge is -2.39. The number of rotatable bonds is 3. The summed E-state index contributed by atoms with van der Waals surface area (Å²) in [6, 6.07) is 0. The molecule has 2 atom stereocenters. The quantitative estimate of drug-likeness (QED) is 0.837. The topological polar surface area (TPSA) is 29.1 Å². The van der Waals surface area contributed by atoms with Gasteiger partial charge in [-0.3, -0.25) is 4.79 Å². The van der Waals surface area contributed by atoms with E-state index >= 15 is 0 Å². The van der Waals surface area contributed by atoms with Crippen LogP contribution >= 0.6 is 22.9 Å². The first-order valence-corrected chi connectivity index (χ1v) is 7.95. The van der Waals surface area contributed by atoms with E-state index in [1.165, 1.54) is 6.42 Å². The molecule has 1 aromatic rings. The molecule has 1 saturated carbocycles. The standard InChI is InChI=1S/C14H20ClNOS/c1-10-4-3-5-14(6-10,9-15)16-13(17)12-8-18-7-11(12)2/h7-8,10H,3-6,9H2,1-2H3,(H,16,17). The number of hydrogen-bond donors (Lipinski definition) is 1. The third-order valence-corrected chi connectivity index (χ3v) is 5.20. The Morgan fingerprint density at radius 1 is 1.61 bits per heavy atom. The molecule has 0 bridgehead atoms. The number of carbonyl (C=O) groups is 1. The average Bonchev–Trinajstić information content (AvgIpc) is 2.75. The Balaban J connectivity index is 2.11. The zero-order valence-electron chi connectivity index (χ0n) is 11.0. The van der Waals surface area contributed by atoms with Crippen LogP contribution in [-0.2, 0) is 0 Å². The molecule has 0 aromatic carbocycles. The molecule has 0 radical (unpaired) electrons. The number of aryl methyl sites for hydroxylation is 1. The number of carbonyl (C=O) groups excluding carboxylic acids is 1. The predicted octanol–water partition coefficient (Wildman–Crippen LogP) is 3.97. The van der Waals surface area contributed by atoms with E-state index in [0.29, 0.717) is 11.8 Å². The summed E-state index contributed by atoms with van der Waals surface area (Å²) in [5.74, 6) is 1.18. The highest BCUT2D eigenvalue weighted by Gasteiger charge is 2.36. The van der Waals surface area contributed by atoms with E-state index in [1.807, 2.05) is 17.7 Å². The maximum atomic E-state index is 12.3. The van der Waals surface area contributed by atoms with Crippen LogP contribution in [0.25, 0.3) is 0 Å². The molecule has 1 amide bonds. The van der Waals surface area contributed by atoms with Crippen molar-refractivity contribution in [1.82, 2.24) is 5.32 Å². The third kappa shape index (κ3) is 2.89. The van der Waals surface area contributed by atoms with Gasteiger partial charge in [-0.1, -0.05) is 19.8 Å². The van der Waals surface area contributed by atoms with E-state index in [1.54, 1.807) is 11.3 Å². The summed E-state index contributed by atoms with van der Waals surface area (Å²) in [4.78, 5) is 12.3. The molecule has 1 aliphatic carbocycles. The van der Waals surface area contributed by atoms with Crippen molar-refractivity contribution in [3.8, 4) is 0 Å². The van der Waals surface area contributed by atoms with Gasteiger partial charge in [0.05, 0.1) is 11.1 Å². The molecule has 1 aliphatic rings. The molecule has 1 aromatic heterocycles. The smallest absolute Gasteiger partial charge is 0.252 e. The lowest BCUT2D eigenvalue weighted by molar-refractivity contribution is 0.0867. The summed E-state index contributed by atoms with van der Waals surface area (Å²) in [6.45, 7) is 4.21. The highest BCUT2D eigenvalue weighted by atomic mass is 35.5. The Morgan fingerprint density at radius 2 is 2.39 bits per heavy atom. The van der Waals surface area contributed by atoms with Crippen LogP contribution in [0.3, 0.4) is 0 Å². The summed E-state index contributed by atoms with van der Waals surface area (Å²) in [5.41, 5.74) is 1.64. The van der Waals surface area contributed by atoms with Crippen LogP contribution in [0.15, 0.2) is 10.8 Å². The Kier molecular flexibility index (Phi) is 4.33. The fraction of sp³-hybridized carbons (Fsp3) is 0.643. The van der Waals surface area contributed by atoms with E-state index in [9.17, 15) is 4.79 Å². The van der Waals surface area contributed by atoms with Gasteiger partial charge >= 0.3 is 0 Å². The molecular formula is C14H20ClNOS. The van der Waals surface area contributed by atoms with E-state index in [4.69, 9.17) is 11.6 Å². The molecule has 100 valence electrons. The Hall–Kier alpha value is -0.540. The second-order valence-corrected chi connectivity index (χ2v) is 6.55. The molecule has 2 nitrogen and oxygen atoms in total. The molecule has 4 heteroatoms. The SMILES string of the molecule is Cc1cscc1C(=O)NC1(CCl)CCCC(C)C1. The first-order chi connectivity index (χ1) is 8.56. The van der Waals surface area contributed by atoms with Gasteiger partial charge in [0.2, 0.25) is 0 Å². The van der Waals surface area contributed by atoms with Crippen molar-refractivity contribution in [3.05, 3.63) is 21.9 Å². The van der Waals surface area contributed by atoms with Crippen molar-refractivity contribution in [3.63, 3.8) is 0 Å². The summed E-state index contributed by atoms with van der Waals surface area (Å²) >= 11 is 7.71. The first-order valence-electron chi connectivity index (χ1n) is 6.47. The third-order valence-electron chi connectivity index (χ3n) is 3.83. The highest BCUT2D eigenvalue weighted by Crippen LogP contribution is 2.33. The normalized spacial score (nSPS) is 28.1. The lowest BCUT2D eigenvalue weighted by Crippen LogP contribution is -2.52. The zero-order chi connectivity index (χ0) is 13.2. The summed E-state index contributed by atoms with van der Waals surface area (Å²) < 4.78 is 0. The van der Waals surface area contributed by atoms with E-state index < -0.39 is 0 Å². The molecule has 1 fully saturated rings. The van der Waals surface area contributed by atoms with Gasteiger partial charge in [0.1, 0.15) is 0 Å². The number of amides is 1. The summed E-state index contributed by atoms with van der Waals surface area (Å²) in [6.07, 6.45) is 4.38. The van der Waals surface area contributed by atoms with Crippen LogP contribution in [0.5, 0.6) is 0 Å². The van der Waals surface area contributed by atoms with Gasteiger partial charge in [0.25, 0.3) is 5.91 Å². The van der Waals surface area contributed by atoms with E-state index in [-0.39, 0.29) is 11.4 Å². The summed E-state index contributed by atoms with van der Waals surface area (Å²) in [5, 5.41) is 7.11. The number of hydrogen-bond acceptors (Lipinski definition) is 2. The molecular weight excluding hydrogens is 266 g/mol. The average molecular weight is 286 g/mol. The molecule has 0 aliphatic heterocycles. The second kappa shape index (κ2) is 5.62. The van der Waals surface area contributed by atoms with Gasteiger partial charge in [-0.15, -0.1) is 11.6 Å². The Labute approximate surface area is 118 Å². The maximum absolute atomic E-state index is 12.3. The maximum Gasteiger partial charge on any atom is 0.252 e. The number of thiophene rings is 1. The van der Waals surface area contributed by atoms with Crippen LogP contribution in [-0.4, -0.2) is 17.3 Å². The van der Waals surface area contributed by atoms with Crippen LogP contribution in [0, 0.1) is 12.8 Å². The number of halogens is 1. The van der Waals surface area contributed by atoms with Gasteiger partial charge in [0.15, 0.2) is 0 Å². The summed E-state index contributed by atoms with van der Waals surface area (Å²) in [7, 11) is 0. The van der Waals surface area contributed by atoms with Crippen molar-refractivity contribution in [1.29, 1.82) is 0 Å². The van der Waals surface area contributed by atoms with Crippen molar-refractivity contribution in [2.24, 2.45) is 5.92 Å². The molecule has 2 unspecified atom stereocenters. The van der Waals surface area contributed by atoms with Crippen molar-refractivity contribution in [2.45, 2.75) is 45.1 Å². The minimum Gasteiger partial charge on any atom is -0.345 e. The highest BCUT2D eigenvalue weighted by molar-refractivity contribution is 7.08. The fourth-order valence-electron chi connectivity index (χ4n) is 2.83. The molecule has 0 saturated heterocycles. The molecule has 0 spiro atoms. The van der Waals surface area contributed by atoms with Crippen LogP contribution in [0.2, 0.25) is 0 Å². The van der Waals surface area contributed by atoms with Gasteiger partial charge in [0, 0.05) is 11.3 Å². The lowest BCUT2D eigenvalue weighted by atomic mass is 9.77. The van der Waals surface area contributed by atoms with Crippen molar-refractivity contribution in [2.75, 3.05) is 5.88 Å². The molecule has 2 rings (SSSR count). The Bertz CT molecular complexity index is 431. The second-order valence-electron chi connectivity index (χ2n) is 5.54. The fourth-order valence-corrected chi connectivity index (χ4v) is 3.97. The van der Waals surface area contributed by atoms with Gasteiger partial charge in [-0.05, 0) is 36.6 Å². The predicted molar refractivity (Wildman–Crippen MR) is 77.6 cm³/mol. The van der Waals surface area contributed by atoms with Crippen LogP contribution < -0.4 is 5.32 Å². The molecule has 18 heavy (non-hydrogen) atoms. The zero-order valence-corrected chi connectivity index (χ0v) is 12.5. The molecule has 1 heterocycles. The minimum absolute atomic E-state index is 0.0310.